The molecule has 4 aromatic rings. The van der Waals surface area contributed by atoms with Gasteiger partial charge in [0.2, 0.25) is 11.8 Å². The van der Waals surface area contributed by atoms with E-state index in [4.69, 9.17) is 14.5 Å². The summed E-state index contributed by atoms with van der Waals surface area (Å²) in [5.41, 5.74) is 5.40. The molecule has 0 unspecified atom stereocenters. The summed E-state index contributed by atoms with van der Waals surface area (Å²) in [5, 5.41) is 2.70. The van der Waals surface area contributed by atoms with E-state index in [2.05, 4.69) is 50.9 Å². The van der Waals surface area contributed by atoms with E-state index in [0.717, 1.165) is 96.9 Å². The highest BCUT2D eigenvalue weighted by atomic mass is 32.1. The number of fused-ring (bicyclic) bond motifs is 1. The van der Waals surface area contributed by atoms with E-state index in [1.807, 2.05) is 68.1 Å². The van der Waals surface area contributed by atoms with Crippen LogP contribution in [0, 0.1) is 35.0 Å². The first-order chi connectivity index (χ1) is 26.4. The average molecular weight is 884 g/mol. The summed E-state index contributed by atoms with van der Waals surface area (Å²) < 4.78 is 10.5. The summed E-state index contributed by atoms with van der Waals surface area (Å²) in [6, 6.07) is 13.1. The number of nitrogens with zero attached hydrogens (tertiary/aromatic N) is 4. The normalized spacial score (nSPS) is 19.1. The molecule has 12 nitrogen and oxygen atoms in total. The lowest BCUT2D eigenvalue weighted by atomic mass is 9.78. The number of carbonyl (C=O) groups excluding carboxylic acids is 3. The number of H-pyrrole nitrogens is 2. The number of alkyl carbamates (subject to hydrolysis) is 1. The predicted molar refractivity (Wildman–Crippen MR) is 251 cm³/mol. The minimum atomic E-state index is -0.682. The number of aromatic nitrogens is 4. The summed E-state index contributed by atoms with van der Waals surface area (Å²) in [4.78, 5) is 59.8. The first-order valence-corrected chi connectivity index (χ1v) is 19.7. The molecule has 3 aliphatic heterocycles. The Morgan fingerprint density at radius 3 is 2.20 bits per heavy atom. The van der Waals surface area contributed by atoms with Crippen LogP contribution < -0.4 is 5.32 Å². The number of aromatic amines is 2. The van der Waals surface area contributed by atoms with Gasteiger partial charge in [-0.2, -0.15) is 54.0 Å². The molecule has 3 aliphatic rings. The minimum Gasteiger partial charge on any atom is -0.453 e. The highest BCUT2D eigenvalue weighted by Gasteiger charge is 2.49. The van der Waals surface area contributed by atoms with Gasteiger partial charge in [0.05, 0.1) is 42.1 Å². The van der Waals surface area contributed by atoms with Gasteiger partial charge >= 0.3 is 6.09 Å². The van der Waals surface area contributed by atoms with E-state index in [0.29, 0.717) is 6.54 Å². The van der Waals surface area contributed by atoms with Gasteiger partial charge in [-0.1, -0.05) is 58.6 Å². The Morgan fingerprint density at radius 1 is 0.864 bits per heavy atom. The van der Waals surface area contributed by atoms with Crippen molar-refractivity contribution in [2.24, 2.45) is 23.2 Å². The molecule has 2 aromatic heterocycles. The van der Waals surface area contributed by atoms with Crippen molar-refractivity contribution in [1.29, 1.82) is 0 Å². The molecule has 3 amide bonds. The van der Waals surface area contributed by atoms with Crippen molar-refractivity contribution in [1.82, 2.24) is 35.1 Å². The molecular formula is C43H61N7O5S4. The maximum Gasteiger partial charge on any atom is 0.407 e. The van der Waals surface area contributed by atoms with Gasteiger partial charge in [-0.15, -0.1) is 0 Å². The Morgan fingerprint density at radius 2 is 1.54 bits per heavy atom. The molecule has 0 aliphatic carbocycles. The van der Waals surface area contributed by atoms with Gasteiger partial charge in [-0.25, -0.2) is 14.8 Å². The van der Waals surface area contributed by atoms with Crippen LogP contribution in [0.1, 0.15) is 102 Å². The fourth-order valence-electron chi connectivity index (χ4n) is 8.23. The number of hydrogen-bond donors (Lipinski definition) is 3. The van der Waals surface area contributed by atoms with Crippen LogP contribution in [0.25, 0.3) is 22.3 Å². The zero-order valence-corrected chi connectivity index (χ0v) is 38.8. The number of likely N-dealkylation sites (tertiary alicyclic amines) is 2. The molecule has 1 spiro atoms. The molecule has 3 saturated heterocycles. The van der Waals surface area contributed by atoms with Crippen LogP contribution in [-0.4, -0.2) is 87.1 Å². The number of methoxy groups -OCH3 is 1. The zero-order chi connectivity index (χ0) is 38.9. The number of hydrogen-bond acceptors (Lipinski definition) is 7. The molecule has 322 valence electrons. The quantitative estimate of drug-likeness (QED) is 0.159. The van der Waals surface area contributed by atoms with Crippen molar-refractivity contribution in [3.8, 4) is 23.1 Å². The van der Waals surface area contributed by atoms with Gasteiger partial charge in [0.15, 0.2) is 0 Å². The monoisotopic (exact) mass is 883 g/mol. The molecule has 0 saturated carbocycles. The average Bonchev–Trinajstić information content (AvgIpc) is 4.01. The van der Waals surface area contributed by atoms with Crippen molar-refractivity contribution in [3.63, 3.8) is 0 Å². The molecular weight excluding hydrogens is 823 g/mol. The summed E-state index contributed by atoms with van der Waals surface area (Å²) in [5.74, 6) is 8.35. The van der Waals surface area contributed by atoms with Crippen molar-refractivity contribution in [2.75, 3.05) is 33.4 Å². The van der Waals surface area contributed by atoms with E-state index in [-0.39, 0.29) is 101 Å². The van der Waals surface area contributed by atoms with Crippen molar-refractivity contribution >= 4 is 82.9 Å². The molecule has 4 atom stereocenters. The molecule has 3 N–H and O–H groups in total. The lowest BCUT2D eigenvalue weighted by Gasteiger charge is -2.33. The SMILES string of the molecule is COC(=O)N[C@H](C(=O)N1CCC[C@H]1c1ncc(-c2ccc(C#Cc3ccc4nc([C@@H]5CC6(CCOCC6)CN5C(=O)[C@@H](C)C(C)C)[nH]c4c3)cc2)[nH]1)C(C)C.S.S.S.S. The molecule has 7 rings (SSSR count). The number of carbonyl (C=O) groups is 3. The Bertz CT molecular complexity index is 2110. The third-order valence-electron chi connectivity index (χ3n) is 11.9. The Balaban J connectivity index is 0.00000233. The fraction of sp³-hybridized carbons (Fsp3) is 0.512. The number of nitrogens with one attached hydrogen (secondary N) is 3. The van der Waals surface area contributed by atoms with E-state index < -0.39 is 12.1 Å². The van der Waals surface area contributed by atoms with Gasteiger partial charge in [-0.3, -0.25) is 9.59 Å². The second-order valence-electron chi connectivity index (χ2n) is 16.2. The molecule has 0 bridgehead atoms. The van der Waals surface area contributed by atoms with Crippen LogP contribution in [0.2, 0.25) is 0 Å². The third kappa shape index (κ3) is 10.8. The summed E-state index contributed by atoms with van der Waals surface area (Å²) in [6.45, 7) is 12.9. The summed E-state index contributed by atoms with van der Waals surface area (Å²) in [6.07, 6.45) is 5.64. The van der Waals surface area contributed by atoms with E-state index in [9.17, 15) is 14.4 Å². The van der Waals surface area contributed by atoms with Gasteiger partial charge in [-0.05, 0) is 85.3 Å². The lowest BCUT2D eigenvalue weighted by molar-refractivity contribution is -0.138. The minimum absolute atomic E-state index is 0. The number of imidazole rings is 2. The third-order valence-corrected chi connectivity index (χ3v) is 11.9. The molecule has 16 heteroatoms. The standard InChI is InChI=1S/C43H53N7O5.4H2S/c1-26(2)28(5)40(51)50-25-43(17-20-55-21-18-43)23-36(50)39-45-32-16-13-30(22-33(32)46-39)10-9-29-11-14-31(15-12-29)34-24-44-38(47-34)35-8-7-19-49(35)41(52)37(27(3)4)48-42(53)54-6;;;;/h11-16,22,24,26-28,35-37H,7-8,17-21,23,25H2,1-6H3,(H,44,47)(H,45,46)(H,48,53);4*1H2/t28-,35-,36-,37-;;;;/m0..../s1. The molecule has 5 heterocycles. The van der Waals surface area contributed by atoms with Gasteiger partial charge in [0.1, 0.15) is 17.7 Å². The summed E-state index contributed by atoms with van der Waals surface area (Å²) >= 11 is 0. The zero-order valence-electron chi connectivity index (χ0n) is 34.8. The van der Waals surface area contributed by atoms with Gasteiger partial charge in [0.25, 0.3) is 0 Å². The van der Waals surface area contributed by atoms with E-state index in [1.165, 1.54) is 7.11 Å². The number of benzene rings is 2. The number of amides is 3. The largest absolute Gasteiger partial charge is 0.453 e. The highest BCUT2D eigenvalue weighted by Crippen LogP contribution is 2.49. The molecule has 59 heavy (non-hydrogen) atoms. The number of rotatable bonds is 8. The Hall–Kier alpha value is -3.75. The van der Waals surface area contributed by atoms with Crippen LogP contribution in [0.4, 0.5) is 4.79 Å². The maximum absolute atomic E-state index is 13.8. The van der Waals surface area contributed by atoms with Crippen LogP contribution in [-0.2, 0) is 19.1 Å². The van der Waals surface area contributed by atoms with Crippen LogP contribution in [0.5, 0.6) is 0 Å². The second-order valence-corrected chi connectivity index (χ2v) is 16.2. The predicted octanol–water partition coefficient (Wildman–Crippen LogP) is 7.21. The Labute approximate surface area is 375 Å². The first-order valence-electron chi connectivity index (χ1n) is 19.7. The first kappa shape index (κ1) is 49.6. The lowest BCUT2D eigenvalue weighted by Crippen LogP contribution is -2.51. The van der Waals surface area contributed by atoms with Crippen LogP contribution in [0.15, 0.2) is 48.7 Å². The topological polar surface area (TPSA) is 146 Å². The van der Waals surface area contributed by atoms with Crippen LogP contribution in [0.3, 0.4) is 0 Å². The van der Waals surface area contributed by atoms with Gasteiger partial charge < -0.3 is 34.6 Å². The number of ether oxygens (including phenoxy) is 2. The van der Waals surface area contributed by atoms with Crippen molar-refractivity contribution in [3.05, 3.63) is 71.4 Å². The molecule has 2 aromatic carbocycles. The molecule has 0 radical (unpaired) electrons. The van der Waals surface area contributed by atoms with E-state index in [1.54, 1.807) is 6.20 Å². The smallest absolute Gasteiger partial charge is 0.407 e. The van der Waals surface area contributed by atoms with Gasteiger partial charge in [0, 0.05) is 43.3 Å². The Kier molecular flexibility index (Phi) is 17.8. The highest BCUT2D eigenvalue weighted by molar-refractivity contribution is 7.59. The van der Waals surface area contributed by atoms with Crippen molar-refractivity contribution < 1.29 is 23.9 Å². The second kappa shape index (κ2) is 21.2. The van der Waals surface area contributed by atoms with Crippen molar-refractivity contribution in [2.45, 2.75) is 84.8 Å². The fourth-order valence-corrected chi connectivity index (χ4v) is 8.23. The maximum atomic E-state index is 13.8. The molecule has 3 fully saturated rings. The summed E-state index contributed by atoms with van der Waals surface area (Å²) in [7, 11) is 1.29. The van der Waals surface area contributed by atoms with Crippen LogP contribution >= 0.6 is 54.0 Å². The van der Waals surface area contributed by atoms with E-state index >= 15 is 0 Å².